The van der Waals surface area contributed by atoms with Gasteiger partial charge in [0.25, 0.3) is 5.91 Å². The number of methoxy groups -OCH3 is 1. The average Bonchev–Trinajstić information content (AvgIpc) is 3.00. The summed E-state index contributed by atoms with van der Waals surface area (Å²) in [6.07, 6.45) is 11.7. The highest BCUT2D eigenvalue weighted by Crippen LogP contribution is 2.42. The molecule has 5 rings (SSSR count). The van der Waals surface area contributed by atoms with Crippen molar-refractivity contribution in [1.29, 1.82) is 0 Å². The molecule has 3 aliphatic heterocycles. The number of rotatable bonds is 8. The van der Waals surface area contributed by atoms with Crippen LogP contribution >= 0.6 is 0 Å². The number of piperidine rings is 2. The van der Waals surface area contributed by atoms with Crippen LogP contribution in [0, 0.1) is 25.7 Å². The number of nitrogens with zero attached hydrogens (tertiary/aromatic N) is 3. The predicted octanol–water partition coefficient (Wildman–Crippen LogP) is 5.73. The lowest BCUT2D eigenvalue weighted by Crippen LogP contribution is -2.61. The van der Waals surface area contributed by atoms with E-state index in [1.807, 2.05) is 41.8 Å². The summed E-state index contributed by atoms with van der Waals surface area (Å²) in [5.41, 5.74) is 2.49. The molecule has 3 saturated heterocycles. The molecule has 2 amide bonds. The molecule has 8 nitrogen and oxygen atoms in total. The highest BCUT2D eigenvalue weighted by Gasteiger charge is 2.50. The lowest BCUT2D eigenvalue weighted by atomic mass is 9.75. The average molecular weight is 582 g/mol. The van der Waals surface area contributed by atoms with Crippen LogP contribution in [0.5, 0.6) is 0 Å². The first-order chi connectivity index (χ1) is 20.3. The van der Waals surface area contributed by atoms with Gasteiger partial charge in [-0.15, -0.1) is 0 Å². The molecule has 42 heavy (non-hydrogen) atoms. The number of aryl methyl sites for hydroxylation is 2. The van der Waals surface area contributed by atoms with Crippen LogP contribution in [0.3, 0.4) is 0 Å². The largest absolute Gasteiger partial charge is 0.469 e. The van der Waals surface area contributed by atoms with Gasteiger partial charge in [0.05, 0.1) is 7.11 Å². The normalized spacial score (nSPS) is 24.1. The fourth-order valence-electron chi connectivity index (χ4n) is 8.13. The van der Waals surface area contributed by atoms with Crippen LogP contribution in [0.25, 0.3) is 0 Å². The van der Waals surface area contributed by atoms with Gasteiger partial charge < -0.3 is 19.3 Å². The molecule has 4 fully saturated rings. The van der Waals surface area contributed by atoms with Crippen molar-refractivity contribution in [2.45, 2.75) is 103 Å². The molecule has 0 bridgehead atoms. The van der Waals surface area contributed by atoms with Crippen LogP contribution in [0.4, 0.5) is 4.79 Å². The van der Waals surface area contributed by atoms with Gasteiger partial charge in [-0.2, -0.15) is 0 Å². The first-order valence-electron chi connectivity index (χ1n) is 16.4. The minimum absolute atomic E-state index is 0.142. The van der Waals surface area contributed by atoms with Gasteiger partial charge in [0, 0.05) is 76.1 Å². The Morgan fingerprint density at radius 3 is 2.29 bits per heavy atom. The van der Waals surface area contributed by atoms with Crippen molar-refractivity contribution in [3.05, 3.63) is 34.9 Å². The van der Waals surface area contributed by atoms with Crippen LogP contribution in [0.15, 0.2) is 18.2 Å². The molecule has 232 valence electrons. The Hall–Kier alpha value is -2.61. The molecule has 8 heteroatoms. The molecular weight excluding hydrogens is 530 g/mol. The van der Waals surface area contributed by atoms with E-state index in [0.29, 0.717) is 18.4 Å². The van der Waals surface area contributed by atoms with E-state index in [1.165, 1.54) is 39.2 Å². The molecule has 0 aromatic heterocycles. The zero-order valence-electron chi connectivity index (χ0n) is 26.1. The van der Waals surface area contributed by atoms with Crippen LogP contribution in [-0.4, -0.2) is 90.7 Å². The van der Waals surface area contributed by atoms with Crippen molar-refractivity contribution in [3.63, 3.8) is 0 Å². The number of carbonyl (C=O) groups excluding carboxylic acids is 3. The lowest BCUT2D eigenvalue weighted by molar-refractivity contribution is -0.142. The molecule has 4 aliphatic rings. The van der Waals surface area contributed by atoms with Crippen molar-refractivity contribution >= 4 is 18.0 Å². The third kappa shape index (κ3) is 6.95. The minimum atomic E-state index is -0.453. The summed E-state index contributed by atoms with van der Waals surface area (Å²) in [7, 11) is 1.44. The highest BCUT2D eigenvalue weighted by atomic mass is 16.6. The van der Waals surface area contributed by atoms with E-state index >= 15 is 0 Å². The highest BCUT2D eigenvalue weighted by molar-refractivity contribution is 5.97. The van der Waals surface area contributed by atoms with E-state index in [9.17, 15) is 14.4 Å². The Kier molecular flexibility index (Phi) is 10.1. The van der Waals surface area contributed by atoms with Gasteiger partial charge in [-0.05, 0) is 69.4 Å². The van der Waals surface area contributed by atoms with E-state index in [4.69, 9.17) is 9.47 Å². The van der Waals surface area contributed by atoms with Crippen molar-refractivity contribution in [1.82, 2.24) is 14.7 Å². The number of ether oxygens (including phenoxy) is 2. The third-order valence-electron chi connectivity index (χ3n) is 10.7. The van der Waals surface area contributed by atoms with Crippen molar-refractivity contribution in [3.8, 4) is 0 Å². The molecule has 1 atom stereocenters. The van der Waals surface area contributed by atoms with Gasteiger partial charge in [-0.3, -0.25) is 14.5 Å². The zero-order chi connectivity index (χ0) is 29.7. The van der Waals surface area contributed by atoms with Crippen LogP contribution in [0.1, 0.15) is 98.5 Å². The molecule has 1 aliphatic carbocycles. The number of benzene rings is 1. The number of hydrogen-bond acceptors (Lipinski definition) is 6. The standard InChI is InChI=1S/C34H51N3O5/c1-25-9-7-10-26(2)31(25)32(39)36-19-15-29(16-20-36)35-21-17-34(18-22-35)28(13-8-14-30(38)41-3)24-37(33(40)42-34)23-27-11-5-4-6-12-27/h7,9-10,27-29H,4-6,8,11-24H2,1-3H3. The summed E-state index contributed by atoms with van der Waals surface area (Å²) in [5, 5.41) is 0. The number of esters is 1. The molecule has 1 saturated carbocycles. The Bertz CT molecular complexity index is 1080. The SMILES string of the molecule is COC(=O)CCCC1CN(CC2CCCCC2)C(=O)OC12CCN(C1CCN(C(=O)c3c(C)cccc3C)CC1)CC2. The first-order valence-corrected chi connectivity index (χ1v) is 16.4. The fraction of sp³-hybridized carbons (Fsp3) is 0.735. The number of likely N-dealkylation sites (tertiary alicyclic amines) is 2. The fourth-order valence-corrected chi connectivity index (χ4v) is 8.13. The Balaban J connectivity index is 1.18. The summed E-state index contributed by atoms with van der Waals surface area (Å²) in [4.78, 5) is 45.1. The van der Waals surface area contributed by atoms with E-state index in [0.717, 1.165) is 94.5 Å². The predicted molar refractivity (Wildman–Crippen MR) is 162 cm³/mol. The second kappa shape index (κ2) is 13.8. The van der Waals surface area contributed by atoms with Crippen LogP contribution in [-0.2, 0) is 14.3 Å². The van der Waals surface area contributed by atoms with E-state index in [2.05, 4.69) is 4.90 Å². The van der Waals surface area contributed by atoms with Crippen molar-refractivity contribution < 1.29 is 23.9 Å². The number of carbonyl (C=O) groups is 3. The first kappa shape index (κ1) is 30.8. The zero-order valence-corrected chi connectivity index (χ0v) is 26.1. The summed E-state index contributed by atoms with van der Waals surface area (Å²) in [6.45, 7) is 8.93. The second-order valence-electron chi connectivity index (χ2n) is 13.3. The van der Waals surface area contributed by atoms with Gasteiger partial charge in [0.2, 0.25) is 0 Å². The molecule has 0 radical (unpaired) electrons. The topological polar surface area (TPSA) is 79.4 Å². The smallest absolute Gasteiger partial charge is 0.410 e. The Morgan fingerprint density at radius 2 is 1.64 bits per heavy atom. The summed E-state index contributed by atoms with van der Waals surface area (Å²) in [6, 6.07) is 6.50. The summed E-state index contributed by atoms with van der Waals surface area (Å²) >= 11 is 0. The molecule has 1 aromatic carbocycles. The molecule has 0 N–H and O–H groups in total. The number of amides is 2. The van der Waals surface area contributed by atoms with Gasteiger partial charge in [0.1, 0.15) is 5.60 Å². The maximum atomic E-state index is 13.3. The summed E-state index contributed by atoms with van der Waals surface area (Å²) in [5.74, 6) is 0.782. The van der Waals surface area contributed by atoms with Gasteiger partial charge in [0.15, 0.2) is 0 Å². The summed E-state index contributed by atoms with van der Waals surface area (Å²) < 4.78 is 11.3. The molecular formula is C34H51N3O5. The maximum Gasteiger partial charge on any atom is 0.410 e. The van der Waals surface area contributed by atoms with Gasteiger partial charge in [-0.25, -0.2) is 4.79 Å². The second-order valence-corrected chi connectivity index (χ2v) is 13.3. The molecule has 3 heterocycles. The van der Waals surface area contributed by atoms with Gasteiger partial charge in [-0.1, -0.05) is 37.5 Å². The van der Waals surface area contributed by atoms with Crippen molar-refractivity contribution in [2.75, 3.05) is 46.4 Å². The Morgan fingerprint density at radius 1 is 0.976 bits per heavy atom. The lowest BCUT2D eigenvalue weighted by Gasteiger charge is -2.52. The van der Waals surface area contributed by atoms with Crippen LogP contribution < -0.4 is 0 Å². The van der Waals surface area contributed by atoms with Crippen LogP contribution in [0.2, 0.25) is 0 Å². The van der Waals surface area contributed by atoms with Crippen molar-refractivity contribution in [2.24, 2.45) is 11.8 Å². The minimum Gasteiger partial charge on any atom is -0.469 e. The quantitative estimate of drug-likeness (QED) is 0.365. The number of hydrogen-bond donors (Lipinski definition) is 0. The monoisotopic (exact) mass is 581 g/mol. The van der Waals surface area contributed by atoms with E-state index in [1.54, 1.807) is 0 Å². The Labute approximate surface area is 252 Å². The molecule has 1 spiro atoms. The van der Waals surface area contributed by atoms with Gasteiger partial charge >= 0.3 is 12.1 Å². The molecule has 1 aromatic rings. The third-order valence-corrected chi connectivity index (χ3v) is 10.7. The van der Waals surface area contributed by atoms with E-state index in [-0.39, 0.29) is 23.9 Å². The van der Waals surface area contributed by atoms with E-state index < -0.39 is 5.60 Å². The molecule has 1 unspecified atom stereocenters. The maximum absolute atomic E-state index is 13.3.